The lowest BCUT2D eigenvalue weighted by molar-refractivity contribution is -0.140. The molecule has 11 heteroatoms. The molecule has 0 aliphatic carbocycles. The Balaban J connectivity index is 2.08. The van der Waals surface area contributed by atoms with Crippen LogP contribution in [0.4, 0.5) is 10.1 Å². The second-order valence-electron chi connectivity index (χ2n) is 8.06. The third-order valence-corrected chi connectivity index (χ3v) is 8.24. The Kier molecular flexibility index (Phi) is 9.53. The third kappa shape index (κ3) is 6.60. The predicted octanol–water partition coefficient (Wildman–Crippen LogP) is 4.88. The molecule has 1 atom stereocenters. The number of hydrogen-bond acceptors (Lipinski definition) is 4. The van der Waals surface area contributed by atoms with E-state index in [1.54, 1.807) is 43.3 Å². The highest BCUT2D eigenvalue weighted by Gasteiger charge is 2.34. The van der Waals surface area contributed by atoms with Crippen LogP contribution in [-0.2, 0) is 26.2 Å². The summed E-state index contributed by atoms with van der Waals surface area (Å²) >= 11 is 12.7. The summed E-state index contributed by atoms with van der Waals surface area (Å²) in [7, 11) is -2.79. The fraction of sp³-hybridized carbons (Fsp3) is 0.231. The molecule has 1 N–H and O–H groups in total. The molecule has 196 valence electrons. The molecule has 37 heavy (non-hydrogen) atoms. The molecule has 0 saturated carbocycles. The first-order valence-corrected chi connectivity index (χ1v) is 13.6. The van der Waals surface area contributed by atoms with Crippen molar-refractivity contribution in [1.82, 2.24) is 10.2 Å². The quantitative estimate of drug-likeness (QED) is 0.379. The van der Waals surface area contributed by atoms with E-state index in [9.17, 15) is 22.4 Å². The number of hydrogen-bond donors (Lipinski definition) is 1. The number of halogens is 3. The summed E-state index contributed by atoms with van der Waals surface area (Å²) < 4.78 is 41.8. The van der Waals surface area contributed by atoms with Gasteiger partial charge in [-0.05, 0) is 55.0 Å². The summed E-state index contributed by atoms with van der Waals surface area (Å²) in [5, 5.41) is 3.13. The van der Waals surface area contributed by atoms with Crippen molar-refractivity contribution in [3.63, 3.8) is 0 Å². The molecule has 0 spiro atoms. The van der Waals surface area contributed by atoms with E-state index < -0.39 is 40.2 Å². The van der Waals surface area contributed by atoms with Crippen molar-refractivity contribution in [3.8, 4) is 0 Å². The summed E-state index contributed by atoms with van der Waals surface area (Å²) in [5.41, 5.74) is 0.503. The number of sulfonamides is 1. The van der Waals surface area contributed by atoms with Crippen molar-refractivity contribution in [2.45, 2.75) is 30.8 Å². The van der Waals surface area contributed by atoms with Crippen LogP contribution >= 0.6 is 23.2 Å². The number of nitrogens with one attached hydrogen (secondary N) is 1. The van der Waals surface area contributed by atoms with Crippen LogP contribution in [0.15, 0.2) is 77.7 Å². The second kappa shape index (κ2) is 12.4. The minimum Gasteiger partial charge on any atom is -0.357 e. The Morgan fingerprint density at radius 3 is 2.08 bits per heavy atom. The lowest BCUT2D eigenvalue weighted by Crippen LogP contribution is -2.51. The van der Waals surface area contributed by atoms with Crippen LogP contribution < -0.4 is 9.62 Å². The van der Waals surface area contributed by atoms with E-state index >= 15 is 0 Å². The average molecular weight is 566 g/mol. The SMILES string of the molecule is CC[C@H](C(=O)NC)N(Cc1c(Cl)cccc1Cl)C(=O)CN(c1ccc(F)cc1)S(=O)(=O)c1ccccc1. The number of carbonyl (C=O) groups excluding carboxylic acids is 2. The normalized spacial score (nSPS) is 12.0. The standard InChI is InChI=1S/C26H26Cl2FN3O4S/c1-3-24(26(34)30-2)31(16-21-22(27)10-7-11-23(21)28)25(33)17-32(19-14-12-18(29)13-15-19)37(35,36)20-8-5-4-6-9-20/h4-15,24H,3,16-17H2,1-2H3,(H,30,34)/t24-/m1/s1. The van der Waals surface area contributed by atoms with Crippen molar-refractivity contribution < 1.29 is 22.4 Å². The topological polar surface area (TPSA) is 86.8 Å². The van der Waals surface area contributed by atoms with Gasteiger partial charge in [-0.15, -0.1) is 0 Å². The second-order valence-corrected chi connectivity index (χ2v) is 10.7. The van der Waals surface area contributed by atoms with Crippen LogP contribution in [0.2, 0.25) is 10.0 Å². The van der Waals surface area contributed by atoms with Crippen LogP contribution in [0.25, 0.3) is 0 Å². The molecule has 0 fully saturated rings. The zero-order valence-electron chi connectivity index (χ0n) is 20.2. The fourth-order valence-electron chi connectivity index (χ4n) is 3.80. The van der Waals surface area contributed by atoms with Gasteiger partial charge in [0, 0.05) is 29.2 Å². The Bertz CT molecular complexity index is 1340. The van der Waals surface area contributed by atoms with Crippen LogP contribution in [-0.4, -0.2) is 44.8 Å². The molecule has 0 aliphatic rings. The zero-order valence-corrected chi connectivity index (χ0v) is 22.5. The Hall–Kier alpha value is -3.14. The molecule has 0 unspecified atom stereocenters. The number of amides is 2. The molecule has 0 heterocycles. The van der Waals surface area contributed by atoms with E-state index in [1.807, 2.05) is 0 Å². The summed E-state index contributed by atoms with van der Waals surface area (Å²) in [6.45, 7) is 0.942. The molecule has 0 saturated heterocycles. The molecule has 3 aromatic rings. The third-order valence-electron chi connectivity index (χ3n) is 5.75. The molecular weight excluding hydrogens is 540 g/mol. The Morgan fingerprint density at radius 1 is 0.946 bits per heavy atom. The van der Waals surface area contributed by atoms with Crippen molar-refractivity contribution in [2.24, 2.45) is 0 Å². The largest absolute Gasteiger partial charge is 0.357 e. The molecular formula is C26H26Cl2FN3O4S. The number of rotatable bonds is 10. The molecule has 3 rings (SSSR count). The maximum atomic E-state index is 13.8. The van der Waals surface area contributed by atoms with Gasteiger partial charge < -0.3 is 10.2 Å². The molecule has 3 aromatic carbocycles. The predicted molar refractivity (Wildman–Crippen MR) is 143 cm³/mol. The van der Waals surface area contributed by atoms with Gasteiger partial charge in [0.1, 0.15) is 18.4 Å². The van der Waals surface area contributed by atoms with Crippen molar-refractivity contribution in [1.29, 1.82) is 0 Å². The van der Waals surface area contributed by atoms with E-state index in [0.29, 0.717) is 15.6 Å². The van der Waals surface area contributed by atoms with E-state index in [-0.39, 0.29) is 23.5 Å². The summed E-state index contributed by atoms with van der Waals surface area (Å²) in [5.74, 6) is -1.67. The maximum absolute atomic E-state index is 13.8. The first-order chi connectivity index (χ1) is 17.6. The molecule has 7 nitrogen and oxygen atoms in total. The number of nitrogens with zero attached hydrogens (tertiary/aromatic N) is 2. The lowest BCUT2D eigenvalue weighted by Gasteiger charge is -2.33. The highest BCUT2D eigenvalue weighted by atomic mass is 35.5. The first kappa shape index (κ1) is 28.4. The van der Waals surface area contributed by atoms with Crippen LogP contribution in [0.3, 0.4) is 0 Å². The van der Waals surface area contributed by atoms with Gasteiger partial charge in [-0.25, -0.2) is 12.8 Å². The van der Waals surface area contributed by atoms with E-state index in [2.05, 4.69) is 5.32 Å². The fourth-order valence-corrected chi connectivity index (χ4v) is 5.75. The summed E-state index contributed by atoms with van der Waals surface area (Å²) in [6.07, 6.45) is 0.246. The first-order valence-electron chi connectivity index (χ1n) is 11.4. The van der Waals surface area contributed by atoms with E-state index in [0.717, 1.165) is 16.4 Å². The molecule has 0 aromatic heterocycles. The van der Waals surface area contributed by atoms with Gasteiger partial charge in [-0.3, -0.25) is 13.9 Å². The van der Waals surface area contributed by atoms with E-state index in [1.165, 1.54) is 36.2 Å². The highest BCUT2D eigenvalue weighted by Crippen LogP contribution is 2.28. The summed E-state index contributed by atoms with van der Waals surface area (Å²) in [6, 6.07) is 16.3. The van der Waals surface area contributed by atoms with Crippen LogP contribution in [0.1, 0.15) is 18.9 Å². The zero-order chi connectivity index (χ0) is 27.2. The average Bonchev–Trinajstić information content (AvgIpc) is 2.89. The lowest BCUT2D eigenvalue weighted by atomic mass is 10.1. The highest BCUT2D eigenvalue weighted by molar-refractivity contribution is 7.92. The van der Waals surface area contributed by atoms with Gasteiger partial charge in [-0.2, -0.15) is 0 Å². The van der Waals surface area contributed by atoms with Crippen molar-refractivity contribution in [3.05, 3.63) is 94.2 Å². The van der Waals surface area contributed by atoms with Crippen molar-refractivity contribution >= 4 is 50.7 Å². The minimum atomic E-state index is -4.23. The summed E-state index contributed by atoms with van der Waals surface area (Å²) in [4.78, 5) is 27.7. The number of likely N-dealkylation sites (N-methyl/N-ethyl adjacent to an activating group) is 1. The minimum absolute atomic E-state index is 0.0498. The van der Waals surface area contributed by atoms with Crippen molar-refractivity contribution in [2.75, 3.05) is 17.9 Å². The smallest absolute Gasteiger partial charge is 0.264 e. The molecule has 0 bridgehead atoms. The van der Waals surface area contributed by atoms with Crippen LogP contribution in [0.5, 0.6) is 0 Å². The monoisotopic (exact) mass is 565 g/mol. The maximum Gasteiger partial charge on any atom is 0.264 e. The number of benzene rings is 3. The Morgan fingerprint density at radius 2 is 1.54 bits per heavy atom. The van der Waals surface area contributed by atoms with Gasteiger partial charge in [-0.1, -0.05) is 54.4 Å². The van der Waals surface area contributed by atoms with Gasteiger partial charge in [0.2, 0.25) is 11.8 Å². The van der Waals surface area contributed by atoms with Gasteiger partial charge in [0.25, 0.3) is 10.0 Å². The van der Waals surface area contributed by atoms with Gasteiger partial charge >= 0.3 is 0 Å². The van der Waals surface area contributed by atoms with Crippen LogP contribution in [0, 0.1) is 5.82 Å². The van der Waals surface area contributed by atoms with Gasteiger partial charge in [0.15, 0.2) is 0 Å². The van der Waals surface area contributed by atoms with Gasteiger partial charge in [0.05, 0.1) is 10.6 Å². The van der Waals surface area contributed by atoms with E-state index in [4.69, 9.17) is 23.2 Å². The Labute approximate surface area is 225 Å². The number of carbonyl (C=O) groups is 2. The molecule has 2 amide bonds. The molecule has 0 radical (unpaired) electrons. The molecule has 0 aliphatic heterocycles. The number of anilines is 1.